The average Bonchev–Trinajstić information content (AvgIpc) is 3.14. The van der Waals surface area contributed by atoms with Crippen LogP contribution in [0.15, 0.2) is 0 Å². The fourth-order valence-electron chi connectivity index (χ4n) is 1.15. The molecule has 2 N–H and O–H groups in total. The Morgan fingerprint density at radius 3 is 1.56 bits per heavy atom. The fourth-order valence-corrected chi connectivity index (χ4v) is 1.15. The van der Waals surface area contributed by atoms with Crippen molar-refractivity contribution < 1.29 is 19.1 Å². The van der Waals surface area contributed by atoms with Gasteiger partial charge in [0, 0.05) is 13.1 Å². The third kappa shape index (κ3) is 2.93. The highest BCUT2D eigenvalue weighted by Gasteiger charge is 2.41. The maximum Gasteiger partial charge on any atom is 0.309 e. The van der Waals surface area contributed by atoms with Crippen molar-refractivity contribution in [3.8, 4) is 0 Å². The molecule has 0 aromatic rings. The lowest BCUT2D eigenvalue weighted by Crippen LogP contribution is -2.45. The number of rotatable bonds is 4. The van der Waals surface area contributed by atoms with E-state index in [0.29, 0.717) is 26.3 Å². The predicted molar refractivity (Wildman–Crippen MR) is 54.7 cm³/mol. The molecule has 2 aliphatic heterocycles. The monoisotopic (exact) mass is 228 g/mol. The van der Waals surface area contributed by atoms with Gasteiger partial charge in [0.25, 0.3) is 0 Å². The Balaban J connectivity index is 1.65. The summed E-state index contributed by atoms with van der Waals surface area (Å²) in [6.45, 7) is 5.75. The molecule has 2 fully saturated rings. The minimum absolute atomic E-state index is 0.276. The van der Waals surface area contributed by atoms with Crippen molar-refractivity contribution in [2.24, 2.45) is 0 Å². The van der Waals surface area contributed by atoms with Gasteiger partial charge in [-0.15, -0.1) is 0 Å². The van der Waals surface area contributed by atoms with Crippen molar-refractivity contribution in [1.82, 2.24) is 10.6 Å². The van der Waals surface area contributed by atoms with Gasteiger partial charge in [0.2, 0.25) is 0 Å². The van der Waals surface area contributed by atoms with E-state index in [1.807, 2.05) is 13.8 Å². The maximum atomic E-state index is 11.3. The summed E-state index contributed by atoms with van der Waals surface area (Å²) in [5.41, 5.74) is -0.553. The van der Waals surface area contributed by atoms with Gasteiger partial charge in [-0.1, -0.05) is 0 Å². The predicted octanol–water partition coefficient (Wildman–Crippen LogP) is -1.20. The molecule has 0 spiro atoms. The average molecular weight is 228 g/mol. The first kappa shape index (κ1) is 11.3. The van der Waals surface area contributed by atoms with Gasteiger partial charge in [0.15, 0.2) is 0 Å². The van der Waals surface area contributed by atoms with Gasteiger partial charge in [0.1, 0.15) is 11.2 Å². The van der Waals surface area contributed by atoms with Crippen LogP contribution in [0.3, 0.4) is 0 Å². The largest absolute Gasteiger partial charge is 0.368 e. The molecular formula is C10H16N2O4. The smallest absolute Gasteiger partial charge is 0.309 e. The van der Waals surface area contributed by atoms with Crippen molar-refractivity contribution in [3.05, 3.63) is 0 Å². The standard InChI is InChI=1S/C10H16N2O4/c1-9(5-15-9)3-11-7(13)8(14)12-4-10(2)6-16-10/h3-6H2,1-2H3,(H,11,13)(H,12,14). The van der Waals surface area contributed by atoms with Crippen LogP contribution in [0.2, 0.25) is 0 Å². The van der Waals surface area contributed by atoms with Gasteiger partial charge in [-0.3, -0.25) is 9.59 Å². The molecular weight excluding hydrogens is 212 g/mol. The Hall–Kier alpha value is -1.14. The van der Waals surface area contributed by atoms with Crippen LogP contribution in [0.1, 0.15) is 13.8 Å². The zero-order valence-corrected chi connectivity index (χ0v) is 9.46. The molecule has 2 unspecified atom stereocenters. The zero-order chi connectivity index (χ0) is 11.8. The van der Waals surface area contributed by atoms with Gasteiger partial charge in [-0.25, -0.2) is 0 Å². The summed E-state index contributed by atoms with van der Waals surface area (Å²) in [6.07, 6.45) is 0. The number of carbonyl (C=O) groups excluding carboxylic acids is 2. The Bertz CT molecular complexity index is 289. The zero-order valence-electron chi connectivity index (χ0n) is 9.46. The normalized spacial score (nSPS) is 35.4. The molecule has 2 atom stereocenters. The lowest BCUT2D eigenvalue weighted by Gasteiger charge is -2.09. The highest BCUT2D eigenvalue weighted by atomic mass is 16.6. The number of hydrogen-bond acceptors (Lipinski definition) is 4. The molecule has 0 aromatic carbocycles. The van der Waals surface area contributed by atoms with E-state index in [-0.39, 0.29) is 11.2 Å². The summed E-state index contributed by atoms with van der Waals surface area (Å²) in [5.74, 6) is -1.25. The van der Waals surface area contributed by atoms with E-state index in [2.05, 4.69) is 10.6 Å². The first-order valence-electron chi connectivity index (χ1n) is 5.27. The summed E-state index contributed by atoms with van der Waals surface area (Å²) < 4.78 is 10.2. The van der Waals surface area contributed by atoms with E-state index >= 15 is 0 Å². The number of carbonyl (C=O) groups is 2. The van der Waals surface area contributed by atoms with E-state index in [9.17, 15) is 9.59 Å². The minimum Gasteiger partial charge on any atom is -0.368 e. The minimum atomic E-state index is -0.624. The Morgan fingerprint density at radius 1 is 1.00 bits per heavy atom. The van der Waals surface area contributed by atoms with Gasteiger partial charge in [-0.2, -0.15) is 0 Å². The maximum absolute atomic E-state index is 11.3. The van der Waals surface area contributed by atoms with Crippen LogP contribution >= 0.6 is 0 Å². The molecule has 2 heterocycles. The second kappa shape index (κ2) is 3.71. The highest BCUT2D eigenvalue weighted by Crippen LogP contribution is 2.24. The second-order valence-corrected chi connectivity index (χ2v) is 4.84. The lowest BCUT2D eigenvalue weighted by molar-refractivity contribution is -0.139. The number of epoxide rings is 2. The van der Waals surface area contributed by atoms with Gasteiger partial charge in [0.05, 0.1) is 13.2 Å². The van der Waals surface area contributed by atoms with Crippen LogP contribution in [0.4, 0.5) is 0 Å². The van der Waals surface area contributed by atoms with E-state index in [1.54, 1.807) is 0 Å². The van der Waals surface area contributed by atoms with Crippen LogP contribution in [-0.4, -0.2) is 49.3 Å². The number of hydrogen-bond donors (Lipinski definition) is 2. The SMILES string of the molecule is CC1(CNC(=O)C(=O)NCC2(C)CO2)CO1. The molecule has 0 radical (unpaired) electrons. The highest BCUT2D eigenvalue weighted by molar-refractivity contribution is 6.35. The summed E-state index contributed by atoms with van der Waals surface area (Å²) in [7, 11) is 0. The second-order valence-electron chi connectivity index (χ2n) is 4.84. The molecule has 0 aromatic heterocycles. The number of amides is 2. The van der Waals surface area contributed by atoms with E-state index in [0.717, 1.165) is 0 Å². The van der Waals surface area contributed by atoms with E-state index in [4.69, 9.17) is 9.47 Å². The Labute approximate surface area is 93.7 Å². The Kier molecular flexibility index (Phi) is 2.63. The van der Waals surface area contributed by atoms with Crippen molar-refractivity contribution in [1.29, 1.82) is 0 Å². The van der Waals surface area contributed by atoms with Crippen LogP contribution in [-0.2, 0) is 19.1 Å². The summed E-state index contributed by atoms with van der Waals surface area (Å²) in [6, 6.07) is 0. The van der Waals surface area contributed by atoms with Crippen molar-refractivity contribution in [2.45, 2.75) is 25.0 Å². The molecule has 6 nitrogen and oxygen atoms in total. The molecule has 6 heteroatoms. The molecule has 2 rings (SSSR count). The summed E-state index contributed by atoms with van der Waals surface area (Å²) in [5, 5.41) is 5.05. The lowest BCUT2D eigenvalue weighted by atomic mass is 10.2. The first-order chi connectivity index (χ1) is 7.43. The summed E-state index contributed by atoms with van der Waals surface area (Å²) in [4.78, 5) is 22.7. The molecule has 0 saturated carbocycles. The van der Waals surface area contributed by atoms with Crippen LogP contribution < -0.4 is 10.6 Å². The van der Waals surface area contributed by atoms with E-state index < -0.39 is 11.8 Å². The third-order valence-electron chi connectivity index (χ3n) is 2.73. The van der Waals surface area contributed by atoms with Gasteiger partial charge < -0.3 is 20.1 Å². The fraction of sp³-hybridized carbons (Fsp3) is 0.800. The van der Waals surface area contributed by atoms with Crippen LogP contribution in [0, 0.1) is 0 Å². The molecule has 2 amide bonds. The summed E-state index contributed by atoms with van der Waals surface area (Å²) >= 11 is 0. The van der Waals surface area contributed by atoms with Gasteiger partial charge >= 0.3 is 11.8 Å². The molecule has 90 valence electrons. The van der Waals surface area contributed by atoms with Crippen molar-refractivity contribution >= 4 is 11.8 Å². The third-order valence-corrected chi connectivity index (χ3v) is 2.73. The Morgan fingerprint density at radius 2 is 1.31 bits per heavy atom. The molecule has 2 saturated heterocycles. The molecule has 16 heavy (non-hydrogen) atoms. The van der Waals surface area contributed by atoms with Crippen molar-refractivity contribution in [2.75, 3.05) is 26.3 Å². The van der Waals surface area contributed by atoms with E-state index in [1.165, 1.54) is 0 Å². The quantitative estimate of drug-likeness (QED) is 0.467. The molecule has 0 aliphatic carbocycles. The van der Waals surface area contributed by atoms with Crippen LogP contribution in [0.25, 0.3) is 0 Å². The topological polar surface area (TPSA) is 83.3 Å². The van der Waals surface area contributed by atoms with Crippen molar-refractivity contribution in [3.63, 3.8) is 0 Å². The molecule has 0 bridgehead atoms. The number of nitrogens with one attached hydrogen (secondary N) is 2. The molecule has 2 aliphatic rings. The van der Waals surface area contributed by atoms with Crippen LogP contribution in [0.5, 0.6) is 0 Å². The van der Waals surface area contributed by atoms with Gasteiger partial charge in [-0.05, 0) is 13.8 Å². The first-order valence-corrected chi connectivity index (χ1v) is 5.27. The number of ether oxygens (including phenoxy) is 2.